The summed E-state index contributed by atoms with van der Waals surface area (Å²) in [6.07, 6.45) is 2.24. The summed E-state index contributed by atoms with van der Waals surface area (Å²) in [6.45, 7) is 0. The molecule has 0 saturated heterocycles. The van der Waals surface area contributed by atoms with Gasteiger partial charge in [-0.15, -0.1) is 0 Å². The molecule has 2 N–H and O–H groups in total. The van der Waals surface area contributed by atoms with Crippen LogP contribution >= 0.6 is 0 Å². The van der Waals surface area contributed by atoms with Gasteiger partial charge in [0.15, 0.2) is 0 Å². The Hall–Kier alpha value is -1.39. The number of carboxylic acid groups (broad SMARTS) is 2. The molecular weight excluding hydrogens is 226 g/mol. The molecule has 0 bridgehead atoms. The molecule has 1 aromatic heterocycles. The third-order valence-electron chi connectivity index (χ3n) is 1.28. The van der Waals surface area contributed by atoms with Gasteiger partial charge in [0.25, 0.3) is 0 Å². The molecule has 0 aromatic carbocycles. The van der Waals surface area contributed by atoms with Gasteiger partial charge in [-0.2, -0.15) is 0 Å². The normalized spacial score (nSPS) is 8.62. The Labute approximate surface area is 83.9 Å². The molecular formula is C7H5CuNO4. The van der Waals surface area contributed by atoms with Crippen molar-refractivity contribution in [2.24, 2.45) is 0 Å². The Morgan fingerprint density at radius 2 is 1.69 bits per heavy atom. The van der Waals surface area contributed by atoms with Crippen molar-refractivity contribution in [1.82, 2.24) is 4.98 Å². The molecule has 0 aliphatic carbocycles. The minimum absolute atomic E-state index is 0. The SMILES string of the molecule is O=C(O)c1ccncc1C(=O)O.[Cu]. The first-order valence-electron chi connectivity index (χ1n) is 3.03. The summed E-state index contributed by atoms with van der Waals surface area (Å²) in [4.78, 5) is 24.4. The Balaban J connectivity index is 0.00000144. The summed E-state index contributed by atoms with van der Waals surface area (Å²) in [6, 6.07) is 1.14. The van der Waals surface area contributed by atoms with Gasteiger partial charge in [-0.25, -0.2) is 9.59 Å². The van der Waals surface area contributed by atoms with E-state index in [4.69, 9.17) is 10.2 Å². The Kier molecular flexibility index (Phi) is 4.10. The van der Waals surface area contributed by atoms with Gasteiger partial charge in [-0.1, -0.05) is 0 Å². The van der Waals surface area contributed by atoms with Gasteiger partial charge in [-0.3, -0.25) is 4.98 Å². The van der Waals surface area contributed by atoms with Crippen molar-refractivity contribution in [3.05, 3.63) is 29.6 Å². The number of aromatic carboxylic acids is 2. The van der Waals surface area contributed by atoms with Gasteiger partial charge in [0.05, 0.1) is 11.1 Å². The second-order valence-electron chi connectivity index (χ2n) is 2.03. The largest absolute Gasteiger partial charge is 0.478 e. The van der Waals surface area contributed by atoms with Crippen molar-refractivity contribution >= 4 is 11.9 Å². The van der Waals surface area contributed by atoms with E-state index in [1.54, 1.807) is 0 Å². The molecule has 6 heteroatoms. The third kappa shape index (κ3) is 2.54. The molecule has 1 radical (unpaired) electrons. The minimum atomic E-state index is -1.29. The fourth-order valence-electron chi connectivity index (χ4n) is 0.751. The molecule has 13 heavy (non-hydrogen) atoms. The van der Waals surface area contributed by atoms with Gasteiger partial charge in [0.2, 0.25) is 0 Å². The standard InChI is InChI=1S/C7H5NO4.Cu/c9-6(10)4-1-2-8-3-5(4)7(11)12;/h1-3H,(H,9,10)(H,11,12);. The molecule has 0 saturated carbocycles. The van der Waals surface area contributed by atoms with Crippen LogP contribution in [0.1, 0.15) is 20.7 Å². The fourth-order valence-corrected chi connectivity index (χ4v) is 0.751. The van der Waals surface area contributed by atoms with Crippen LogP contribution in [-0.4, -0.2) is 27.1 Å². The van der Waals surface area contributed by atoms with Crippen LogP contribution in [0.3, 0.4) is 0 Å². The summed E-state index contributed by atoms with van der Waals surface area (Å²) >= 11 is 0. The Morgan fingerprint density at radius 3 is 2.08 bits per heavy atom. The van der Waals surface area contributed by atoms with Gasteiger partial charge >= 0.3 is 11.9 Å². The number of hydrogen-bond acceptors (Lipinski definition) is 3. The van der Waals surface area contributed by atoms with E-state index in [2.05, 4.69) is 4.98 Å². The maximum Gasteiger partial charge on any atom is 0.338 e. The van der Waals surface area contributed by atoms with Crippen LogP contribution < -0.4 is 0 Å². The van der Waals surface area contributed by atoms with Crippen molar-refractivity contribution in [2.45, 2.75) is 0 Å². The van der Waals surface area contributed by atoms with Crippen LogP contribution in [0.5, 0.6) is 0 Å². The van der Waals surface area contributed by atoms with E-state index >= 15 is 0 Å². The smallest absolute Gasteiger partial charge is 0.338 e. The van der Waals surface area contributed by atoms with Gasteiger partial charge < -0.3 is 10.2 Å². The molecule has 0 amide bonds. The number of nitrogens with zero attached hydrogens (tertiary/aromatic N) is 1. The zero-order chi connectivity index (χ0) is 9.14. The fraction of sp³-hybridized carbons (Fsp3) is 0. The van der Waals surface area contributed by atoms with Gasteiger partial charge in [0, 0.05) is 29.5 Å². The number of carbonyl (C=O) groups is 2. The summed E-state index contributed by atoms with van der Waals surface area (Å²) < 4.78 is 0. The Morgan fingerprint density at radius 1 is 1.15 bits per heavy atom. The van der Waals surface area contributed by atoms with Crippen LogP contribution in [0.2, 0.25) is 0 Å². The first-order valence-corrected chi connectivity index (χ1v) is 3.03. The van der Waals surface area contributed by atoms with Crippen molar-refractivity contribution in [3.8, 4) is 0 Å². The number of carboxylic acids is 2. The molecule has 0 spiro atoms. The summed E-state index contributed by atoms with van der Waals surface area (Å²) in [5, 5.41) is 17.0. The monoisotopic (exact) mass is 230 g/mol. The second-order valence-corrected chi connectivity index (χ2v) is 2.03. The van der Waals surface area contributed by atoms with Crippen LogP contribution in [0.25, 0.3) is 0 Å². The quantitative estimate of drug-likeness (QED) is 0.722. The molecule has 0 fully saturated rings. The van der Waals surface area contributed by atoms with Crippen molar-refractivity contribution in [2.75, 3.05) is 0 Å². The number of rotatable bonds is 2. The van der Waals surface area contributed by atoms with E-state index in [0.29, 0.717) is 0 Å². The maximum atomic E-state index is 10.4. The molecule has 73 valence electrons. The number of pyridine rings is 1. The molecule has 0 aliphatic rings. The van der Waals surface area contributed by atoms with Gasteiger partial charge in [0.1, 0.15) is 0 Å². The van der Waals surface area contributed by atoms with Crippen LogP contribution in [0, 0.1) is 0 Å². The van der Waals surface area contributed by atoms with E-state index in [0.717, 1.165) is 12.3 Å². The second kappa shape index (κ2) is 4.59. The predicted octanol–water partition coefficient (Wildman–Crippen LogP) is 0.475. The maximum absolute atomic E-state index is 10.4. The molecule has 0 atom stereocenters. The average Bonchev–Trinajstić information content (AvgIpc) is 2.04. The first kappa shape index (κ1) is 11.6. The van der Waals surface area contributed by atoms with Crippen LogP contribution in [-0.2, 0) is 17.1 Å². The van der Waals surface area contributed by atoms with E-state index in [9.17, 15) is 9.59 Å². The topological polar surface area (TPSA) is 87.5 Å². The number of hydrogen-bond donors (Lipinski definition) is 2. The zero-order valence-corrected chi connectivity index (χ0v) is 7.13. The molecule has 1 aromatic rings. The molecule has 0 aliphatic heterocycles. The van der Waals surface area contributed by atoms with E-state index in [-0.39, 0.29) is 28.2 Å². The zero-order valence-electron chi connectivity index (χ0n) is 6.19. The third-order valence-corrected chi connectivity index (χ3v) is 1.28. The van der Waals surface area contributed by atoms with Crippen LogP contribution in [0.4, 0.5) is 0 Å². The van der Waals surface area contributed by atoms with Gasteiger partial charge in [-0.05, 0) is 6.07 Å². The van der Waals surface area contributed by atoms with Crippen molar-refractivity contribution in [3.63, 3.8) is 0 Å². The Bertz CT molecular complexity index is 306. The van der Waals surface area contributed by atoms with E-state index in [1.165, 1.54) is 6.20 Å². The summed E-state index contributed by atoms with van der Waals surface area (Å²) in [7, 11) is 0. The molecule has 5 nitrogen and oxygen atoms in total. The van der Waals surface area contributed by atoms with E-state index in [1.807, 2.05) is 0 Å². The summed E-state index contributed by atoms with van der Waals surface area (Å²) in [5.74, 6) is -2.56. The first-order chi connectivity index (χ1) is 5.63. The van der Waals surface area contributed by atoms with Crippen molar-refractivity contribution in [1.29, 1.82) is 0 Å². The van der Waals surface area contributed by atoms with E-state index < -0.39 is 11.9 Å². The average molecular weight is 231 g/mol. The molecule has 1 heterocycles. The molecule has 1 rings (SSSR count). The predicted molar refractivity (Wildman–Crippen MR) is 38.2 cm³/mol. The van der Waals surface area contributed by atoms with Crippen molar-refractivity contribution < 1.29 is 36.9 Å². The van der Waals surface area contributed by atoms with Crippen LogP contribution in [0.15, 0.2) is 18.5 Å². The number of aromatic nitrogens is 1. The minimum Gasteiger partial charge on any atom is -0.478 e. The molecule has 0 unspecified atom stereocenters. The summed E-state index contributed by atoms with van der Waals surface area (Å²) in [5.41, 5.74) is -0.553.